The topological polar surface area (TPSA) is 202 Å². The molecule has 2 heterocycles. The Morgan fingerprint density at radius 1 is 0.974 bits per heavy atom. The third-order valence-corrected chi connectivity index (χ3v) is 5.75. The minimum absolute atomic E-state index is 0.0941. The second kappa shape index (κ2) is 13.8. The predicted octanol–water partition coefficient (Wildman–Crippen LogP) is -2.56. The van der Waals surface area contributed by atoms with Gasteiger partial charge in [0.05, 0.1) is 19.3 Å². The van der Waals surface area contributed by atoms with Gasteiger partial charge >= 0.3 is 18.1 Å². The summed E-state index contributed by atoms with van der Waals surface area (Å²) >= 11 is 0. The smallest absolute Gasteiger partial charge is 0.457 e. The van der Waals surface area contributed by atoms with Crippen molar-refractivity contribution >= 4 is 17.8 Å². The highest BCUT2D eigenvalue weighted by Crippen LogP contribution is 2.30. The third kappa shape index (κ3) is 8.44. The summed E-state index contributed by atoms with van der Waals surface area (Å²) in [7, 11) is 0. The Kier molecular flexibility index (Phi) is 11.6. The van der Waals surface area contributed by atoms with Crippen LogP contribution in [-0.2, 0) is 38.1 Å². The zero-order valence-corrected chi connectivity index (χ0v) is 20.8. The van der Waals surface area contributed by atoms with Crippen LogP contribution < -0.4 is 10.6 Å². The van der Waals surface area contributed by atoms with E-state index in [4.69, 9.17) is 23.7 Å². The van der Waals surface area contributed by atoms with Crippen LogP contribution in [0.25, 0.3) is 0 Å². The van der Waals surface area contributed by atoms with Crippen LogP contribution in [0.1, 0.15) is 27.2 Å². The zero-order valence-electron chi connectivity index (χ0n) is 20.8. The summed E-state index contributed by atoms with van der Waals surface area (Å²) < 4.78 is 64.4. The van der Waals surface area contributed by atoms with Crippen molar-refractivity contribution in [1.82, 2.24) is 10.6 Å². The maximum atomic E-state index is 12.3. The van der Waals surface area contributed by atoms with E-state index in [-0.39, 0.29) is 13.0 Å². The van der Waals surface area contributed by atoms with Gasteiger partial charge < -0.3 is 54.7 Å². The van der Waals surface area contributed by atoms with Gasteiger partial charge in [-0.1, -0.05) is 0 Å². The molecule has 2 amide bonds. The highest BCUT2D eigenvalue weighted by molar-refractivity contribution is 5.81. The molecule has 2 aliphatic rings. The number of nitrogens with one attached hydrogen (secondary N) is 2. The fourth-order valence-electron chi connectivity index (χ4n) is 3.91. The average Bonchev–Trinajstić information content (AvgIpc) is 2.81. The molecule has 17 heteroatoms. The highest BCUT2D eigenvalue weighted by atomic mass is 19.4. The number of carbonyl (C=O) groups is 3. The number of carbonyl (C=O) groups excluding carboxylic acids is 3. The summed E-state index contributed by atoms with van der Waals surface area (Å²) in [6, 6.07) is -1.35. The molecule has 0 aromatic carbocycles. The fraction of sp³-hybridized carbons (Fsp3) is 0.857. The van der Waals surface area contributed by atoms with Crippen molar-refractivity contribution in [2.45, 2.75) is 94.7 Å². The van der Waals surface area contributed by atoms with Crippen LogP contribution in [-0.4, -0.2) is 125 Å². The molecule has 0 saturated carbocycles. The molecule has 10 atom stereocenters. The first-order valence-corrected chi connectivity index (χ1v) is 11.7. The molecule has 6 N–H and O–H groups in total. The van der Waals surface area contributed by atoms with E-state index in [2.05, 4.69) is 5.32 Å². The molecule has 0 unspecified atom stereocenters. The first kappa shape index (κ1) is 32.1. The van der Waals surface area contributed by atoms with E-state index >= 15 is 0 Å². The largest absolute Gasteiger partial charge is 0.471 e. The molecular weight excluding hydrogens is 529 g/mol. The minimum atomic E-state index is -5.05. The second-order valence-corrected chi connectivity index (χ2v) is 8.79. The molecule has 0 aromatic heterocycles. The molecule has 14 nitrogen and oxygen atoms in total. The first-order chi connectivity index (χ1) is 17.7. The first-order valence-electron chi connectivity index (χ1n) is 11.7. The molecular formula is C21H33F3N2O12. The molecule has 0 aliphatic carbocycles. The molecule has 0 spiro atoms. The number of halogens is 3. The van der Waals surface area contributed by atoms with E-state index in [9.17, 15) is 48.0 Å². The molecule has 2 rings (SSSR count). The fourth-order valence-corrected chi connectivity index (χ4v) is 3.91. The van der Waals surface area contributed by atoms with Crippen LogP contribution in [0, 0.1) is 0 Å². The van der Waals surface area contributed by atoms with Gasteiger partial charge in [0.2, 0.25) is 5.91 Å². The number of esters is 1. The summed E-state index contributed by atoms with van der Waals surface area (Å²) in [6.07, 6.45) is -18.2. The highest BCUT2D eigenvalue weighted by Gasteiger charge is 2.52. The van der Waals surface area contributed by atoms with Crippen molar-refractivity contribution in [1.29, 1.82) is 0 Å². The Bertz CT molecular complexity index is 819. The van der Waals surface area contributed by atoms with E-state index in [0.717, 1.165) is 13.8 Å². The Morgan fingerprint density at radius 3 is 2.18 bits per heavy atom. The van der Waals surface area contributed by atoms with Gasteiger partial charge in [0, 0.05) is 20.4 Å². The predicted molar refractivity (Wildman–Crippen MR) is 116 cm³/mol. The van der Waals surface area contributed by atoms with Crippen molar-refractivity contribution in [3.05, 3.63) is 0 Å². The quantitative estimate of drug-likeness (QED) is 0.120. The van der Waals surface area contributed by atoms with Gasteiger partial charge in [-0.2, -0.15) is 13.2 Å². The van der Waals surface area contributed by atoms with Crippen molar-refractivity contribution in [2.75, 3.05) is 19.8 Å². The summed E-state index contributed by atoms with van der Waals surface area (Å²) in [5.74, 6) is -3.59. The number of aliphatic hydroxyl groups excluding tert-OH is 4. The van der Waals surface area contributed by atoms with Gasteiger partial charge in [-0.15, -0.1) is 0 Å². The number of ether oxygens (including phenoxy) is 5. The average molecular weight is 562 g/mol. The summed E-state index contributed by atoms with van der Waals surface area (Å²) in [5, 5.41) is 45.2. The normalized spacial score (nSPS) is 35.8. The minimum Gasteiger partial charge on any atom is -0.457 e. The van der Waals surface area contributed by atoms with E-state index in [1.54, 1.807) is 5.32 Å². The van der Waals surface area contributed by atoms with E-state index in [1.807, 2.05) is 0 Å². The van der Waals surface area contributed by atoms with Crippen LogP contribution in [0.3, 0.4) is 0 Å². The van der Waals surface area contributed by atoms with Gasteiger partial charge in [-0.25, -0.2) is 0 Å². The maximum Gasteiger partial charge on any atom is 0.471 e. The van der Waals surface area contributed by atoms with Gasteiger partial charge in [0.25, 0.3) is 0 Å². The van der Waals surface area contributed by atoms with Crippen LogP contribution in [0.15, 0.2) is 0 Å². The van der Waals surface area contributed by atoms with Crippen LogP contribution in [0.5, 0.6) is 0 Å². The Morgan fingerprint density at radius 2 is 1.63 bits per heavy atom. The Balaban J connectivity index is 2.18. The summed E-state index contributed by atoms with van der Waals surface area (Å²) in [4.78, 5) is 34.4. The second-order valence-electron chi connectivity index (χ2n) is 8.79. The number of rotatable bonds is 10. The Labute approximate surface area is 215 Å². The number of hydrogen-bond donors (Lipinski definition) is 6. The summed E-state index contributed by atoms with van der Waals surface area (Å²) in [6.45, 7) is 2.17. The molecule has 2 aliphatic heterocycles. The van der Waals surface area contributed by atoms with Crippen LogP contribution >= 0.6 is 0 Å². The lowest BCUT2D eigenvalue weighted by Crippen LogP contribution is -2.68. The molecule has 38 heavy (non-hydrogen) atoms. The lowest BCUT2D eigenvalue weighted by atomic mass is 9.95. The molecule has 0 aromatic rings. The van der Waals surface area contributed by atoms with Crippen molar-refractivity contribution < 1.29 is 71.7 Å². The molecule has 0 bridgehead atoms. The van der Waals surface area contributed by atoms with Gasteiger partial charge in [0.15, 0.2) is 18.7 Å². The SMILES string of the molecule is CC(=O)N[C@H]1[C@@H](O[C@@H]2[C@H](OCCCNC(=O)C(F)(F)F)O[C@@H](C)[C@@H](O)[C@H]2O)O[C@H](CO)[C@H](O)[C@@H]1OC(C)=O. The summed E-state index contributed by atoms with van der Waals surface area (Å²) in [5.41, 5.74) is 0. The van der Waals surface area contributed by atoms with Crippen molar-refractivity contribution in [2.24, 2.45) is 0 Å². The number of hydrogen-bond acceptors (Lipinski definition) is 12. The monoisotopic (exact) mass is 562 g/mol. The van der Waals surface area contributed by atoms with Crippen molar-refractivity contribution in [3.63, 3.8) is 0 Å². The lowest BCUT2D eigenvalue weighted by Gasteiger charge is -2.47. The molecule has 2 fully saturated rings. The van der Waals surface area contributed by atoms with Crippen LogP contribution in [0.2, 0.25) is 0 Å². The zero-order chi connectivity index (χ0) is 28.8. The van der Waals surface area contributed by atoms with Crippen molar-refractivity contribution in [3.8, 4) is 0 Å². The number of alkyl halides is 3. The molecule has 0 radical (unpaired) electrons. The molecule has 2 saturated heterocycles. The van der Waals surface area contributed by atoms with E-state index in [0.29, 0.717) is 0 Å². The molecule has 220 valence electrons. The Hall–Kier alpha value is -2.12. The van der Waals surface area contributed by atoms with Gasteiger partial charge in [-0.05, 0) is 13.3 Å². The van der Waals surface area contributed by atoms with E-state index < -0.39 is 98.5 Å². The van der Waals surface area contributed by atoms with Gasteiger partial charge in [-0.3, -0.25) is 14.4 Å². The standard InChI is InChI=1S/C21H33F3N2O12/c1-8-13(30)15(32)17(19(35-8)34-6-4-5-25-20(33)21(22,23)24)38-18-12(26-9(2)28)16(36-10(3)29)14(31)11(7-27)37-18/h8,11-19,27,30-32H,4-7H2,1-3H3,(H,25,33)(H,26,28)/t8-,11+,12+,13+,14-,15+,16+,17-,18+,19+/m0/s1. The lowest BCUT2D eigenvalue weighted by molar-refractivity contribution is -0.352. The van der Waals surface area contributed by atoms with Crippen LogP contribution in [0.4, 0.5) is 13.2 Å². The van der Waals surface area contributed by atoms with E-state index in [1.165, 1.54) is 6.92 Å². The number of amides is 2. The number of aliphatic hydroxyl groups is 4. The van der Waals surface area contributed by atoms with Gasteiger partial charge in [0.1, 0.15) is 36.6 Å². The maximum absolute atomic E-state index is 12.3. The third-order valence-electron chi connectivity index (χ3n) is 5.75.